The Morgan fingerprint density at radius 2 is 2.16 bits per heavy atom. The van der Waals surface area contributed by atoms with Crippen LogP contribution in [0.4, 0.5) is 11.5 Å². The number of carboxylic acid groups (broad SMARTS) is 1. The summed E-state index contributed by atoms with van der Waals surface area (Å²) in [4.78, 5) is 15.3. The summed E-state index contributed by atoms with van der Waals surface area (Å²) in [6.07, 6.45) is 7.72. The molecular weight excluding hydrogens is 242 g/mol. The van der Waals surface area contributed by atoms with Gasteiger partial charge in [-0.25, -0.2) is 9.78 Å². The zero-order valence-corrected chi connectivity index (χ0v) is 11.2. The average molecular weight is 263 g/mol. The Labute approximate surface area is 113 Å². The molecule has 1 aliphatic rings. The fourth-order valence-corrected chi connectivity index (χ4v) is 2.73. The van der Waals surface area contributed by atoms with E-state index in [2.05, 4.69) is 17.2 Å². The second-order valence-electron chi connectivity index (χ2n) is 5.30. The smallest absolute Gasteiger partial charge is 0.339 e. The van der Waals surface area contributed by atoms with Crippen LogP contribution >= 0.6 is 0 Å². The lowest BCUT2D eigenvalue weighted by Crippen LogP contribution is -2.29. The number of aromatic nitrogens is 1. The van der Waals surface area contributed by atoms with Gasteiger partial charge in [-0.15, -0.1) is 0 Å². The second kappa shape index (κ2) is 5.91. The number of pyridine rings is 1. The summed E-state index contributed by atoms with van der Waals surface area (Å²) in [7, 11) is 0. The summed E-state index contributed by atoms with van der Waals surface area (Å²) in [5.74, 6) is 0.00710. The molecule has 0 saturated heterocycles. The van der Waals surface area contributed by atoms with Crippen LogP contribution in [0.2, 0.25) is 0 Å². The van der Waals surface area contributed by atoms with E-state index in [0.29, 0.717) is 17.4 Å². The first-order chi connectivity index (χ1) is 9.08. The minimum atomic E-state index is -1.00. The maximum absolute atomic E-state index is 11.2. The van der Waals surface area contributed by atoms with Gasteiger partial charge in [0.05, 0.1) is 11.9 Å². The molecule has 0 aromatic carbocycles. The van der Waals surface area contributed by atoms with Crippen LogP contribution in [-0.2, 0) is 0 Å². The van der Waals surface area contributed by atoms with Crippen LogP contribution in [0.3, 0.4) is 0 Å². The maximum atomic E-state index is 11.2. The lowest BCUT2D eigenvalue weighted by Gasteiger charge is -2.29. The summed E-state index contributed by atoms with van der Waals surface area (Å²) < 4.78 is 0. The number of rotatable bonds is 4. The van der Waals surface area contributed by atoms with Gasteiger partial charge in [-0.2, -0.15) is 0 Å². The summed E-state index contributed by atoms with van der Waals surface area (Å²) >= 11 is 0. The topological polar surface area (TPSA) is 88.2 Å². The number of anilines is 2. The van der Waals surface area contributed by atoms with Gasteiger partial charge in [-0.05, 0) is 31.7 Å². The average Bonchev–Trinajstić information content (AvgIpc) is 2.41. The zero-order chi connectivity index (χ0) is 13.8. The summed E-state index contributed by atoms with van der Waals surface area (Å²) in [6.45, 7) is 2.10. The molecule has 0 amide bonds. The minimum absolute atomic E-state index is 0.141. The Balaban J connectivity index is 2.11. The van der Waals surface area contributed by atoms with E-state index in [4.69, 9.17) is 5.73 Å². The van der Waals surface area contributed by atoms with Gasteiger partial charge in [-0.1, -0.05) is 19.3 Å². The number of hydrogen-bond acceptors (Lipinski definition) is 4. The summed E-state index contributed by atoms with van der Waals surface area (Å²) in [6, 6.07) is 1.68. The second-order valence-corrected chi connectivity index (χ2v) is 5.30. The van der Waals surface area contributed by atoms with Crippen molar-refractivity contribution < 1.29 is 9.90 Å². The van der Waals surface area contributed by atoms with Crippen molar-refractivity contribution in [3.8, 4) is 0 Å². The molecule has 104 valence electrons. The van der Waals surface area contributed by atoms with Crippen molar-refractivity contribution in [2.24, 2.45) is 5.92 Å². The van der Waals surface area contributed by atoms with Gasteiger partial charge in [0.15, 0.2) is 0 Å². The standard InChI is InChI=1S/C14H21N3O2/c1-9(10-5-3-2-4-6-10)17-13-12(14(18)19)7-11(15)8-16-13/h7-10H,2-6,15H2,1H3,(H,16,17)(H,18,19). The Bertz CT molecular complexity index is 456. The molecule has 19 heavy (non-hydrogen) atoms. The van der Waals surface area contributed by atoms with E-state index in [0.717, 1.165) is 0 Å². The van der Waals surface area contributed by atoms with Crippen molar-refractivity contribution in [3.05, 3.63) is 17.8 Å². The van der Waals surface area contributed by atoms with Gasteiger partial charge in [-0.3, -0.25) is 0 Å². The molecule has 1 aromatic heterocycles. The molecule has 0 spiro atoms. The summed E-state index contributed by atoms with van der Waals surface area (Å²) in [5.41, 5.74) is 6.10. The first kappa shape index (κ1) is 13.6. The molecule has 0 aliphatic heterocycles. The molecule has 5 nitrogen and oxygen atoms in total. The van der Waals surface area contributed by atoms with Crippen molar-refractivity contribution in [1.29, 1.82) is 0 Å². The highest BCUT2D eigenvalue weighted by Gasteiger charge is 2.22. The van der Waals surface area contributed by atoms with E-state index in [-0.39, 0.29) is 11.6 Å². The minimum Gasteiger partial charge on any atom is -0.478 e. The molecule has 1 atom stereocenters. The first-order valence-corrected chi connectivity index (χ1v) is 6.83. The van der Waals surface area contributed by atoms with Crippen LogP contribution in [-0.4, -0.2) is 22.1 Å². The number of nitrogen functional groups attached to an aromatic ring is 1. The highest BCUT2D eigenvalue weighted by molar-refractivity contribution is 5.94. The third kappa shape index (κ3) is 3.36. The quantitative estimate of drug-likeness (QED) is 0.777. The Hall–Kier alpha value is -1.78. The Morgan fingerprint density at radius 1 is 1.47 bits per heavy atom. The monoisotopic (exact) mass is 263 g/mol. The predicted octanol–water partition coefficient (Wildman–Crippen LogP) is 2.74. The highest BCUT2D eigenvalue weighted by atomic mass is 16.4. The maximum Gasteiger partial charge on any atom is 0.339 e. The number of nitrogens with two attached hydrogens (primary N) is 1. The molecule has 1 saturated carbocycles. The van der Waals surface area contributed by atoms with Gasteiger partial charge < -0.3 is 16.2 Å². The molecular formula is C14H21N3O2. The van der Waals surface area contributed by atoms with Gasteiger partial charge in [0, 0.05) is 6.04 Å². The zero-order valence-electron chi connectivity index (χ0n) is 11.2. The third-order valence-electron chi connectivity index (χ3n) is 3.86. The largest absolute Gasteiger partial charge is 0.478 e. The van der Waals surface area contributed by atoms with Gasteiger partial charge in [0.25, 0.3) is 0 Å². The van der Waals surface area contributed by atoms with Crippen LogP contribution in [0, 0.1) is 5.92 Å². The number of aromatic carboxylic acids is 1. The van der Waals surface area contributed by atoms with E-state index in [1.807, 2.05) is 0 Å². The lowest BCUT2D eigenvalue weighted by molar-refractivity contribution is 0.0697. The molecule has 5 heteroatoms. The van der Waals surface area contributed by atoms with Crippen LogP contribution < -0.4 is 11.1 Å². The molecule has 1 fully saturated rings. The number of hydrogen-bond donors (Lipinski definition) is 3. The SMILES string of the molecule is CC(Nc1ncc(N)cc1C(=O)O)C1CCCCC1. The molecule has 1 aliphatic carbocycles. The van der Waals surface area contributed by atoms with E-state index < -0.39 is 5.97 Å². The number of carbonyl (C=O) groups is 1. The van der Waals surface area contributed by atoms with Crippen LogP contribution in [0.5, 0.6) is 0 Å². The predicted molar refractivity (Wildman–Crippen MR) is 75.3 cm³/mol. The van der Waals surface area contributed by atoms with Crippen LogP contribution in [0.15, 0.2) is 12.3 Å². The number of nitrogens with zero attached hydrogens (tertiary/aromatic N) is 1. The highest BCUT2D eigenvalue weighted by Crippen LogP contribution is 2.28. The normalized spacial score (nSPS) is 17.9. The molecule has 4 N–H and O–H groups in total. The molecule has 1 heterocycles. The number of nitrogens with one attached hydrogen (secondary N) is 1. The van der Waals surface area contributed by atoms with Crippen molar-refractivity contribution in [1.82, 2.24) is 4.98 Å². The van der Waals surface area contributed by atoms with Crippen molar-refractivity contribution in [2.75, 3.05) is 11.1 Å². The molecule has 2 rings (SSSR count). The van der Waals surface area contributed by atoms with Gasteiger partial charge >= 0.3 is 5.97 Å². The van der Waals surface area contributed by atoms with Crippen molar-refractivity contribution >= 4 is 17.5 Å². The molecule has 0 radical (unpaired) electrons. The fraction of sp³-hybridized carbons (Fsp3) is 0.571. The molecule has 1 unspecified atom stereocenters. The van der Waals surface area contributed by atoms with Crippen molar-refractivity contribution in [3.63, 3.8) is 0 Å². The van der Waals surface area contributed by atoms with E-state index in [9.17, 15) is 9.90 Å². The van der Waals surface area contributed by atoms with E-state index in [1.165, 1.54) is 44.4 Å². The summed E-state index contributed by atoms with van der Waals surface area (Å²) in [5, 5.41) is 12.4. The fourth-order valence-electron chi connectivity index (χ4n) is 2.73. The first-order valence-electron chi connectivity index (χ1n) is 6.83. The van der Waals surface area contributed by atoms with Gasteiger partial charge in [0.2, 0.25) is 0 Å². The van der Waals surface area contributed by atoms with Crippen molar-refractivity contribution in [2.45, 2.75) is 45.1 Å². The van der Waals surface area contributed by atoms with E-state index >= 15 is 0 Å². The molecule has 1 aromatic rings. The Morgan fingerprint density at radius 3 is 2.79 bits per heavy atom. The third-order valence-corrected chi connectivity index (χ3v) is 3.86. The van der Waals surface area contributed by atoms with E-state index in [1.54, 1.807) is 0 Å². The lowest BCUT2D eigenvalue weighted by atomic mass is 9.84. The van der Waals surface area contributed by atoms with Gasteiger partial charge in [0.1, 0.15) is 11.4 Å². The molecule has 0 bridgehead atoms. The van der Waals surface area contributed by atoms with Crippen LogP contribution in [0.25, 0.3) is 0 Å². The van der Waals surface area contributed by atoms with Crippen LogP contribution in [0.1, 0.15) is 49.4 Å². The Kier molecular flexibility index (Phi) is 4.24. The number of carboxylic acids is 1.